The minimum Gasteiger partial charge on any atom is -0.462 e. The van der Waals surface area contributed by atoms with Crippen molar-refractivity contribution < 1.29 is 14.3 Å². The average molecular weight is 239 g/mol. The van der Waals surface area contributed by atoms with Crippen molar-refractivity contribution in [2.75, 3.05) is 26.8 Å². The van der Waals surface area contributed by atoms with E-state index < -0.39 is 0 Å². The van der Waals surface area contributed by atoms with Gasteiger partial charge in [-0.05, 0) is 37.4 Å². The van der Waals surface area contributed by atoms with Crippen LogP contribution in [0.4, 0.5) is 0 Å². The van der Waals surface area contributed by atoms with Crippen LogP contribution < -0.4 is 0 Å². The molecule has 1 aromatic heterocycles. The van der Waals surface area contributed by atoms with E-state index in [1.54, 1.807) is 7.11 Å². The molecule has 2 heterocycles. The second kappa shape index (κ2) is 6.19. The van der Waals surface area contributed by atoms with Gasteiger partial charge in [-0.1, -0.05) is 0 Å². The fraction of sp³-hybridized carbons (Fsp3) is 0.692. The van der Waals surface area contributed by atoms with E-state index in [4.69, 9.17) is 9.15 Å². The monoisotopic (exact) mass is 239 g/mol. The van der Waals surface area contributed by atoms with E-state index in [2.05, 4.69) is 4.90 Å². The molecule has 1 saturated heterocycles. The van der Waals surface area contributed by atoms with E-state index in [9.17, 15) is 5.11 Å². The largest absolute Gasteiger partial charge is 0.462 e. The van der Waals surface area contributed by atoms with Crippen molar-refractivity contribution in [3.63, 3.8) is 0 Å². The highest BCUT2D eigenvalue weighted by atomic mass is 16.5. The van der Waals surface area contributed by atoms with Gasteiger partial charge in [-0.15, -0.1) is 0 Å². The van der Waals surface area contributed by atoms with Gasteiger partial charge in [-0.2, -0.15) is 0 Å². The van der Waals surface area contributed by atoms with Crippen molar-refractivity contribution in [2.24, 2.45) is 5.92 Å². The summed E-state index contributed by atoms with van der Waals surface area (Å²) in [5.74, 6) is 2.28. The fourth-order valence-corrected chi connectivity index (χ4v) is 2.39. The van der Waals surface area contributed by atoms with E-state index in [0.717, 1.165) is 44.0 Å². The van der Waals surface area contributed by atoms with Crippen LogP contribution in [0.25, 0.3) is 0 Å². The summed E-state index contributed by atoms with van der Waals surface area (Å²) in [6.07, 6.45) is 2.30. The number of hydrogen-bond acceptors (Lipinski definition) is 4. The summed E-state index contributed by atoms with van der Waals surface area (Å²) in [6, 6.07) is 3.98. The van der Waals surface area contributed by atoms with Gasteiger partial charge >= 0.3 is 0 Å². The standard InChI is InChI=1S/C13H21NO3/c1-16-10-13-5-4-12(17-13)8-14-6-2-3-11(7-14)9-15/h4-5,11,15H,2-3,6-10H2,1H3. The van der Waals surface area contributed by atoms with E-state index in [0.29, 0.717) is 19.1 Å². The smallest absolute Gasteiger partial charge is 0.129 e. The van der Waals surface area contributed by atoms with Gasteiger partial charge in [0.15, 0.2) is 0 Å². The van der Waals surface area contributed by atoms with Crippen molar-refractivity contribution >= 4 is 0 Å². The molecule has 2 rings (SSSR count). The van der Waals surface area contributed by atoms with Crippen LogP contribution in [0.5, 0.6) is 0 Å². The van der Waals surface area contributed by atoms with Crippen LogP contribution in [-0.2, 0) is 17.9 Å². The number of ether oxygens (including phenoxy) is 1. The van der Waals surface area contributed by atoms with Crippen LogP contribution >= 0.6 is 0 Å². The maximum absolute atomic E-state index is 9.18. The molecule has 0 radical (unpaired) electrons. The van der Waals surface area contributed by atoms with Crippen LogP contribution in [0.2, 0.25) is 0 Å². The van der Waals surface area contributed by atoms with Gasteiger partial charge < -0.3 is 14.3 Å². The van der Waals surface area contributed by atoms with Crippen LogP contribution in [0.1, 0.15) is 24.4 Å². The Kier molecular flexibility index (Phi) is 4.59. The first-order valence-electron chi connectivity index (χ1n) is 6.21. The molecule has 4 nitrogen and oxygen atoms in total. The number of rotatable bonds is 5. The molecular weight excluding hydrogens is 218 g/mol. The molecular formula is C13H21NO3. The van der Waals surface area contributed by atoms with Gasteiger partial charge in [0.1, 0.15) is 18.1 Å². The minimum absolute atomic E-state index is 0.295. The zero-order valence-corrected chi connectivity index (χ0v) is 10.4. The highest BCUT2D eigenvalue weighted by Crippen LogP contribution is 2.19. The summed E-state index contributed by atoms with van der Waals surface area (Å²) in [5, 5.41) is 9.18. The zero-order chi connectivity index (χ0) is 12.1. The second-order valence-electron chi connectivity index (χ2n) is 4.73. The average Bonchev–Trinajstić information content (AvgIpc) is 2.77. The summed E-state index contributed by atoms with van der Waals surface area (Å²) < 4.78 is 10.7. The van der Waals surface area contributed by atoms with Crippen molar-refractivity contribution in [3.8, 4) is 0 Å². The van der Waals surface area contributed by atoms with Crippen molar-refractivity contribution in [2.45, 2.75) is 26.0 Å². The SMILES string of the molecule is COCc1ccc(CN2CCCC(CO)C2)o1. The minimum atomic E-state index is 0.295. The lowest BCUT2D eigenvalue weighted by atomic mass is 9.99. The predicted octanol–water partition coefficient (Wildman–Crippen LogP) is 1.63. The third kappa shape index (κ3) is 3.56. The first-order valence-corrected chi connectivity index (χ1v) is 6.21. The van der Waals surface area contributed by atoms with Crippen LogP contribution in [0.15, 0.2) is 16.5 Å². The predicted molar refractivity (Wildman–Crippen MR) is 64.5 cm³/mol. The van der Waals surface area contributed by atoms with Gasteiger partial charge in [-0.25, -0.2) is 0 Å². The van der Waals surface area contributed by atoms with Gasteiger partial charge in [0.05, 0.1) is 6.54 Å². The molecule has 0 bridgehead atoms. The Hall–Kier alpha value is -0.840. The number of aliphatic hydroxyl groups excluding tert-OH is 1. The molecule has 1 N–H and O–H groups in total. The highest BCUT2D eigenvalue weighted by molar-refractivity contribution is 5.06. The van der Waals surface area contributed by atoms with E-state index in [-0.39, 0.29) is 0 Å². The molecule has 17 heavy (non-hydrogen) atoms. The molecule has 4 heteroatoms. The Morgan fingerprint density at radius 2 is 2.29 bits per heavy atom. The second-order valence-corrected chi connectivity index (χ2v) is 4.73. The molecule has 1 atom stereocenters. The Morgan fingerprint density at radius 3 is 3.06 bits per heavy atom. The molecule has 0 aliphatic carbocycles. The van der Waals surface area contributed by atoms with Crippen LogP contribution in [0.3, 0.4) is 0 Å². The van der Waals surface area contributed by atoms with E-state index in [1.807, 2.05) is 12.1 Å². The van der Waals surface area contributed by atoms with Crippen molar-refractivity contribution in [1.29, 1.82) is 0 Å². The normalized spacial score (nSPS) is 21.9. The number of aliphatic hydroxyl groups is 1. The summed E-state index contributed by atoms with van der Waals surface area (Å²) in [5.41, 5.74) is 0. The van der Waals surface area contributed by atoms with Gasteiger partial charge in [-0.3, -0.25) is 4.90 Å². The fourth-order valence-electron chi connectivity index (χ4n) is 2.39. The summed E-state index contributed by atoms with van der Waals surface area (Å²) in [7, 11) is 1.67. The lowest BCUT2D eigenvalue weighted by molar-refractivity contribution is 0.108. The van der Waals surface area contributed by atoms with E-state index in [1.165, 1.54) is 0 Å². The third-order valence-electron chi connectivity index (χ3n) is 3.24. The third-order valence-corrected chi connectivity index (χ3v) is 3.24. The maximum Gasteiger partial charge on any atom is 0.129 e. The molecule has 96 valence electrons. The maximum atomic E-state index is 9.18. The van der Waals surface area contributed by atoms with E-state index >= 15 is 0 Å². The number of hydrogen-bond donors (Lipinski definition) is 1. The summed E-state index contributed by atoms with van der Waals surface area (Å²) in [4.78, 5) is 2.35. The number of furan rings is 1. The Balaban J connectivity index is 1.86. The highest BCUT2D eigenvalue weighted by Gasteiger charge is 2.19. The van der Waals surface area contributed by atoms with Gasteiger partial charge in [0, 0.05) is 20.3 Å². The van der Waals surface area contributed by atoms with Crippen LogP contribution in [-0.4, -0.2) is 36.8 Å². The first kappa shape index (κ1) is 12.6. The molecule has 0 spiro atoms. The zero-order valence-electron chi connectivity index (χ0n) is 10.4. The molecule has 1 aliphatic heterocycles. The van der Waals surface area contributed by atoms with Crippen LogP contribution in [0, 0.1) is 5.92 Å². The molecule has 1 unspecified atom stereocenters. The van der Waals surface area contributed by atoms with Crippen molar-refractivity contribution in [3.05, 3.63) is 23.7 Å². The summed E-state index contributed by atoms with van der Waals surface area (Å²) >= 11 is 0. The lowest BCUT2D eigenvalue weighted by Crippen LogP contribution is -2.36. The molecule has 0 aromatic carbocycles. The lowest BCUT2D eigenvalue weighted by Gasteiger charge is -2.30. The van der Waals surface area contributed by atoms with Gasteiger partial charge in [0.2, 0.25) is 0 Å². The first-order chi connectivity index (χ1) is 8.31. The topological polar surface area (TPSA) is 45.8 Å². The Bertz CT molecular complexity index is 337. The quantitative estimate of drug-likeness (QED) is 0.848. The summed E-state index contributed by atoms with van der Waals surface area (Å²) in [6.45, 7) is 3.72. The van der Waals surface area contributed by atoms with Crippen molar-refractivity contribution in [1.82, 2.24) is 4.90 Å². The molecule has 1 aromatic rings. The molecule has 0 saturated carbocycles. The molecule has 1 fully saturated rings. The number of nitrogens with zero attached hydrogens (tertiary/aromatic N) is 1. The number of likely N-dealkylation sites (tertiary alicyclic amines) is 1. The Labute approximate surface area is 102 Å². The number of piperidine rings is 1. The molecule has 0 amide bonds. The Morgan fingerprint density at radius 1 is 1.47 bits per heavy atom. The van der Waals surface area contributed by atoms with Gasteiger partial charge in [0.25, 0.3) is 0 Å². The number of methoxy groups -OCH3 is 1. The molecule has 1 aliphatic rings.